The Labute approximate surface area is 209 Å². The Morgan fingerprint density at radius 3 is 1.18 bits per heavy atom. The van der Waals surface area contributed by atoms with Crippen LogP contribution in [0.5, 0.6) is 0 Å². The first-order valence-electron chi connectivity index (χ1n) is 13.5. The number of rotatable bonds is 12. The van der Waals surface area contributed by atoms with Gasteiger partial charge in [0.05, 0.1) is 12.3 Å². The molecule has 2 aromatic carbocycles. The van der Waals surface area contributed by atoms with Gasteiger partial charge in [-0.2, -0.15) is 0 Å². The van der Waals surface area contributed by atoms with Crippen molar-refractivity contribution in [3.8, 4) is 0 Å². The van der Waals surface area contributed by atoms with Crippen molar-refractivity contribution in [2.75, 3.05) is 26.2 Å². The topological polar surface area (TPSA) is 30.5 Å². The van der Waals surface area contributed by atoms with E-state index in [2.05, 4.69) is 111 Å². The number of nitrogens with one attached hydrogen (secondary N) is 2. The maximum absolute atomic E-state index is 3.81. The molecular formula is C30H48N4. The third-order valence-electron chi connectivity index (χ3n) is 7.38. The Bertz CT molecular complexity index is 748. The average molecular weight is 465 g/mol. The van der Waals surface area contributed by atoms with E-state index in [0.717, 1.165) is 52.1 Å². The second-order valence-corrected chi connectivity index (χ2v) is 10.5. The molecule has 2 atom stereocenters. The Morgan fingerprint density at radius 1 is 0.588 bits per heavy atom. The zero-order chi connectivity index (χ0) is 24.5. The van der Waals surface area contributed by atoms with Gasteiger partial charge >= 0.3 is 0 Å². The minimum absolute atomic E-state index is 0.444. The summed E-state index contributed by atoms with van der Waals surface area (Å²) in [6.45, 7) is 20.0. The molecule has 2 unspecified atom stereocenters. The summed E-state index contributed by atoms with van der Waals surface area (Å²) >= 11 is 0. The van der Waals surface area contributed by atoms with Crippen molar-refractivity contribution in [3.05, 3.63) is 70.8 Å². The molecule has 0 spiro atoms. The molecule has 0 saturated carbocycles. The van der Waals surface area contributed by atoms with Crippen LogP contribution in [0.15, 0.2) is 48.5 Å². The molecule has 0 amide bonds. The summed E-state index contributed by atoms with van der Waals surface area (Å²) in [7, 11) is 0. The van der Waals surface area contributed by atoms with E-state index in [1.807, 2.05) is 0 Å². The van der Waals surface area contributed by atoms with Crippen molar-refractivity contribution < 1.29 is 0 Å². The lowest BCUT2D eigenvalue weighted by Crippen LogP contribution is -2.58. The fraction of sp³-hybridized carbons (Fsp3) is 0.600. The number of benzene rings is 2. The van der Waals surface area contributed by atoms with Crippen molar-refractivity contribution in [1.82, 2.24) is 20.4 Å². The van der Waals surface area contributed by atoms with Gasteiger partial charge in [-0.15, -0.1) is 0 Å². The zero-order valence-corrected chi connectivity index (χ0v) is 22.5. The van der Waals surface area contributed by atoms with Crippen molar-refractivity contribution in [3.63, 3.8) is 0 Å². The molecule has 4 nitrogen and oxygen atoms in total. The van der Waals surface area contributed by atoms with E-state index in [4.69, 9.17) is 0 Å². The SMILES string of the molecule is CCC(NCc1ccc(C(C)C)cc1)N1CCN(C(CC)NCc2ccc(C(C)C)cc2)CC1. The van der Waals surface area contributed by atoms with Crippen LogP contribution in [-0.2, 0) is 13.1 Å². The molecule has 3 rings (SSSR count). The maximum atomic E-state index is 3.81. The number of hydrogen-bond acceptors (Lipinski definition) is 4. The van der Waals surface area contributed by atoms with Crippen LogP contribution in [0.2, 0.25) is 0 Å². The highest BCUT2D eigenvalue weighted by Gasteiger charge is 2.26. The average Bonchev–Trinajstić information content (AvgIpc) is 2.86. The van der Waals surface area contributed by atoms with E-state index in [1.54, 1.807) is 0 Å². The molecule has 2 N–H and O–H groups in total. The van der Waals surface area contributed by atoms with Gasteiger partial charge in [0.25, 0.3) is 0 Å². The van der Waals surface area contributed by atoms with Crippen LogP contribution in [0.1, 0.15) is 88.5 Å². The van der Waals surface area contributed by atoms with Gasteiger partial charge in [0, 0.05) is 39.3 Å². The smallest absolute Gasteiger partial charge is 0.0597 e. The van der Waals surface area contributed by atoms with Gasteiger partial charge in [-0.25, -0.2) is 0 Å². The second-order valence-electron chi connectivity index (χ2n) is 10.5. The number of hydrogen-bond donors (Lipinski definition) is 2. The van der Waals surface area contributed by atoms with Crippen LogP contribution >= 0.6 is 0 Å². The van der Waals surface area contributed by atoms with E-state index in [9.17, 15) is 0 Å². The molecule has 34 heavy (non-hydrogen) atoms. The van der Waals surface area contributed by atoms with Gasteiger partial charge in [0.1, 0.15) is 0 Å². The third kappa shape index (κ3) is 7.64. The molecule has 2 aromatic rings. The fourth-order valence-corrected chi connectivity index (χ4v) is 4.94. The Morgan fingerprint density at radius 2 is 0.912 bits per heavy atom. The molecule has 1 aliphatic rings. The van der Waals surface area contributed by atoms with Crippen LogP contribution < -0.4 is 10.6 Å². The first kappa shape index (κ1) is 26.9. The van der Waals surface area contributed by atoms with E-state index < -0.39 is 0 Å². The predicted molar refractivity (Wildman–Crippen MR) is 146 cm³/mol. The van der Waals surface area contributed by atoms with Gasteiger partial charge in [-0.1, -0.05) is 90.1 Å². The number of piperazine rings is 1. The van der Waals surface area contributed by atoms with Gasteiger partial charge in [-0.05, 0) is 46.9 Å². The molecule has 4 heteroatoms. The quantitative estimate of drug-likeness (QED) is 0.409. The van der Waals surface area contributed by atoms with Gasteiger partial charge in [0.2, 0.25) is 0 Å². The summed E-state index contributed by atoms with van der Waals surface area (Å²) in [6, 6.07) is 18.2. The summed E-state index contributed by atoms with van der Waals surface area (Å²) < 4.78 is 0. The number of nitrogens with zero attached hydrogens (tertiary/aromatic N) is 2. The summed E-state index contributed by atoms with van der Waals surface area (Å²) in [4.78, 5) is 5.27. The van der Waals surface area contributed by atoms with Crippen LogP contribution in [0.4, 0.5) is 0 Å². The van der Waals surface area contributed by atoms with Crippen molar-refractivity contribution in [2.24, 2.45) is 0 Å². The summed E-state index contributed by atoms with van der Waals surface area (Å²) in [5.74, 6) is 1.18. The summed E-state index contributed by atoms with van der Waals surface area (Å²) in [6.07, 6.45) is 3.15. The third-order valence-corrected chi connectivity index (χ3v) is 7.38. The van der Waals surface area contributed by atoms with Gasteiger partial charge < -0.3 is 0 Å². The van der Waals surface area contributed by atoms with Crippen molar-refractivity contribution >= 4 is 0 Å². The van der Waals surface area contributed by atoms with Gasteiger partial charge in [0.15, 0.2) is 0 Å². The maximum Gasteiger partial charge on any atom is 0.0597 e. The van der Waals surface area contributed by atoms with E-state index in [1.165, 1.54) is 22.3 Å². The Balaban J connectivity index is 1.45. The molecule has 1 heterocycles. The standard InChI is InChI=1S/C30H48N4/c1-7-29(31-21-25-9-13-27(14-10-25)23(3)4)33-17-19-34(20-18-33)30(8-2)32-22-26-11-15-28(16-12-26)24(5)6/h9-16,23-24,29-32H,7-8,17-22H2,1-6H3. The largest absolute Gasteiger partial charge is 0.298 e. The lowest BCUT2D eigenvalue weighted by atomic mass is 10.0. The second kappa shape index (κ2) is 13.4. The first-order chi connectivity index (χ1) is 16.4. The van der Waals surface area contributed by atoms with Crippen LogP contribution in [0, 0.1) is 0 Å². The van der Waals surface area contributed by atoms with Crippen LogP contribution in [0.3, 0.4) is 0 Å². The molecule has 0 radical (unpaired) electrons. The molecule has 1 saturated heterocycles. The summed E-state index contributed by atoms with van der Waals surface area (Å²) in [5.41, 5.74) is 5.58. The zero-order valence-electron chi connectivity index (χ0n) is 22.5. The van der Waals surface area contributed by atoms with E-state index >= 15 is 0 Å². The normalized spacial score (nSPS) is 17.4. The highest BCUT2D eigenvalue weighted by Crippen LogP contribution is 2.17. The lowest BCUT2D eigenvalue weighted by molar-refractivity contribution is 0.0445. The molecule has 0 aliphatic carbocycles. The van der Waals surface area contributed by atoms with Crippen LogP contribution in [-0.4, -0.2) is 48.3 Å². The predicted octanol–water partition coefficient (Wildman–Crippen LogP) is 5.90. The van der Waals surface area contributed by atoms with Gasteiger partial charge in [-0.3, -0.25) is 20.4 Å². The lowest BCUT2D eigenvalue weighted by Gasteiger charge is -2.42. The van der Waals surface area contributed by atoms with E-state index in [-0.39, 0.29) is 0 Å². The Kier molecular flexibility index (Phi) is 10.6. The van der Waals surface area contributed by atoms with Crippen LogP contribution in [0.25, 0.3) is 0 Å². The molecule has 1 fully saturated rings. The minimum Gasteiger partial charge on any atom is -0.298 e. The molecule has 188 valence electrons. The van der Waals surface area contributed by atoms with Crippen molar-refractivity contribution in [1.29, 1.82) is 0 Å². The highest BCUT2D eigenvalue weighted by molar-refractivity contribution is 5.25. The molecular weight excluding hydrogens is 416 g/mol. The monoisotopic (exact) mass is 464 g/mol. The Hall–Kier alpha value is -1.72. The highest BCUT2D eigenvalue weighted by atomic mass is 15.4. The molecule has 0 aromatic heterocycles. The molecule has 0 bridgehead atoms. The fourth-order valence-electron chi connectivity index (χ4n) is 4.94. The first-order valence-corrected chi connectivity index (χ1v) is 13.5. The summed E-state index contributed by atoms with van der Waals surface area (Å²) in [5, 5.41) is 7.63. The van der Waals surface area contributed by atoms with E-state index in [0.29, 0.717) is 24.2 Å². The minimum atomic E-state index is 0.444. The molecule has 1 aliphatic heterocycles. The van der Waals surface area contributed by atoms with Crippen molar-refractivity contribution in [2.45, 2.75) is 91.6 Å².